The number of nitrogens with zero attached hydrogens (tertiary/aromatic N) is 6. The van der Waals surface area contributed by atoms with E-state index < -0.39 is 0 Å². The summed E-state index contributed by atoms with van der Waals surface area (Å²) in [6.07, 6.45) is 4.58. The van der Waals surface area contributed by atoms with Crippen LogP contribution in [0.4, 0.5) is 4.79 Å². The van der Waals surface area contributed by atoms with E-state index in [1.165, 1.54) is 0 Å². The molecular formula is C17H16IN7O2. The molecule has 3 aromatic rings. The molecule has 9 nitrogen and oxygen atoms in total. The molecule has 3 aromatic heterocycles. The van der Waals surface area contributed by atoms with Crippen molar-refractivity contribution >= 4 is 45.5 Å². The fraction of sp³-hybridized carbons (Fsp3) is 0.471. The zero-order valence-corrected chi connectivity index (χ0v) is 16.4. The fourth-order valence-electron chi connectivity index (χ4n) is 3.87. The number of H-pyrrole nitrogens is 1. The third-order valence-corrected chi connectivity index (χ3v) is 6.71. The number of rotatable bonds is 2. The SMILES string of the molecule is N#CC1CN(C(=O)O[C@H]2C[C@@H](I)[C@@H](c3nnc4cnc5[nH]ccc5n34)C2)C1. The van der Waals surface area contributed by atoms with Crippen molar-refractivity contribution in [2.24, 2.45) is 5.92 Å². The zero-order valence-electron chi connectivity index (χ0n) is 14.2. The van der Waals surface area contributed by atoms with Gasteiger partial charge in [0.05, 0.1) is 23.7 Å². The highest BCUT2D eigenvalue weighted by atomic mass is 127. The summed E-state index contributed by atoms with van der Waals surface area (Å²) in [5, 5.41) is 17.5. The molecule has 1 aliphatic carbocycles. The van der Waals surface area contributed by atoms with E-state index in [1.54, 1.807) is 11.1 Å². The number of fused-ring (bicyclic) bond motifs is 3. The number of likely N-dealkylation sites (tertiary alicyclic amines) is 1. The minimum atomic E-state index is -0.320. The predicted octanol–water partition coefficient (Wildman–Crippen LogP) is 2.25. The van der Waals surface area contributed by atoms with Crippen LogP contribution in [0.2, 0.25) is 0 Å². The number of aromatic nitrogens is 5. The molecule has 27 heavy (non-hydrogen) atoms. The van der Waals surface area contributed by atoms with Gasteiger partial charge in [-0.1, -0.05) is 22.6 Å². The van der Waals surface area contributed by atoms with Gasteiger partial charge in [0.15, 0.2) is 11.3 Å². The second-order valence-corrected chi connectivity index (χ2v) is 8.65. The lowest BCUT2D eigenvalue weighted by molar-refractivity contribution is 0.0383. The van der Waals surface area contributed by atoms with Gasteiger partial charge in [-0.2, -0.15) is 5.26 Å². The summed E-state index contributed by atoms with van der Waals surface area (Å²) in [6.45, 7) is 0.929. The average molecular weight is 477 g/mol. The standard InChI is InChI=1S/C17H16IN7O2/c18-12-4-10(27-17(26)24-7-9(5-19)8-24)3-11(12)16-23-22-14-6-21-15-13(25(14)16)1-2-20-15/h1-2,6,9-12,20H,3-4,7-8H2/t10-,11+,12-/m1/s1. The number of nitriles is 1. The molecule has 0 spiro atoms. The van der Waals surface area contributed by atoms with Crippen LogP contribution in [0.5, 0.6) is 0 Å². The Balaban J connectivity index is 1.36. The molecule has 0 bridgehead atoms. The number of halogens is 1. The normalized spacial score (nSPS) is 25.6. The Morgan fingerprint density at radius 2 is 2.22 bits per heavy atom. The number of hydrogen-bond donors (Lipinski definition) is 1. The number of carbonyl (C=O) groups excluding carboxylic acids is 1. The number of ether oxygens (including phenoxy) is 1. The molecule has 2 fully saturated rings. The van der Waals surface area contributed by atoms with E-state index in [1.807, 2.05) is 16.7 Å². The molecule has 1 saturated heterocycles. The Kier molecular flexibility index (Phi) is 3.92. The van der Waals surface area contributed by atoms with Gasteiger partial charge in [-0.3, -0.25) is 4.40 Å². The van der Waals surface area contributed by atoms with E-state index in [0.717, 1.165) is 23.4 Å². The van der Waals surface area contributed by atoms with Crippen LogP contribution in [0, 0.1) is 17.2 Å². The molecule has 4 heterocycles. The highest BCUT2D eigenvalue weighted by Gasteiger charge is 2.40. The maximum Gasteiger partial charge on any atom is 0.410 e. The second kappa shape index (κ2) is 6.33. The van der Waals surface area contributed by atoms with Crippen LogP contribution < -0.4 is 0 Å². The number of alkyl halides is 1. The van der Waals surface area contributed by atoms with Crippen molar-refractivity contribution in [1.29, 1.82) is 5.26 Å². The van der Waals surface area contributed by atoms with Crippen LogP contribution >= 0.6 is 22.6 Å². The molecule has 138 valence electrons. The molecule has 0 aromatic carbocycles. The van der Waals surface area contributed by atoms with E-state index in [0.29, 0.717) is 29.1 Å². The number of aromatic amines is 1. The summed E-state index contributed by atoms with van der Waals surface area (Å²) in [6, 6.07) is 4.13. The van der Waals surface area contributed by atoms with Crippen molar-refractivity contribution in [2.45, 2.75) is 28.8 Å². The first kappa shape index (κ1) is 16.7. The Bertz CT molecular complexity index is 1060. The summed E-state index contributed by atoms with van der Waals surface area (Å²) < 4.78 is 8.01. The average Bonchev–Trinajstić information content (AvgIpc) is 3.30. The molecule has 5 rings (SSSR count). The molecule has 1 amide bonds. The summed E-state index contributed by atoms with van der Waals surface area (Å²) in [5.74, 6) is 0.955. The lowest BCUT2D eigenvalue weighted by Crippen LogP contribution is -2.50. The smallest absolute Gasteiger partial charge is 0.410 e. The first-order valence-corrected chi connectivity index (χ1v) is 10.0. The van der Waals surface area contributed by atoms with E-state index in [4.69, 9.17) is 10.00 Å². The zero-order chi connectivity index (χ0) is 18.5. The third-order valence-electron chi connectivity index (χ3n) is 5.33. The van der Waals surface area contributed by atoms with Gasteiger partial charge in [-0.25, -0.2) is 9.78 Å². The van der Waals surface area contributed by atoms with Crippen LogP contribution in [0.3, 0.4) is 0 Å². The molecule has 0 unspecified atom stereocenters. The highest BCUT2D eigenvalue weighted by Crippen LogP contribution is 2.41. The lowest BCUT2D eigenvalue weighted by Gasteiger charge is -2.34. The van der Waals surface area contributed by atoms with Crippen molar-refractivity contribution in [3.63, 3.8) is 0 Å². The number of nitrogens with one attached hydrogen (secondary N) is 1. The van der Waals surface area contributed by atoms with Crippen LogP contribution in [-0.2, 0) is 4.74 Å². The number of hydrogen-bond acceptors (Lipinski definition) is 6. The Morgan fingerprint density at radius 3 is 3.04 bits per heavy atom. The molecule has 2 aliphatic rings. The Hall–Kier alpha value is -2.42. The first-order valence-electron chi connectivity index (χ1n) is 8.80. The van der Waals surface area contributed by atoms with E-state index in [9.17, 15) is 4.79 Å². The largest absolute Gasteiger partial charge is 0.446 e. The van der Waals surface area contributed by atoms with E-state index >= 15 is 0 Å². The van der Waals surface area contributed by atoms with Gasteiger partial charge in [0.1, 0.15) is 11.9 Å². The van der Waals surface area contributed by atoms with Crippen LogP contribution in [0.25, 0.3) is 16.8 Å². The van der Waals surface area contributed by atoms with Gasteiger partial charge < -0.3 is 14.6 Å². The van der Waals surface area contributed by atoms with Gasteiger partial charge in [-0.15, -0.1) is 10.2 Å². The molecule has 0 radical (unpaired) electrons. The van der Waals surface area contributed by atoms with Gasteiger partial charge in [0.25, 0.3) is 0 Å². The summed E-state index contributed by atoms with van der Waals surface area (Å²) >= 11 is 2.41. The van der Waals surface area contributed by atoms with Crippen LogP contribution in [-0.4, -0.2) is 58.7 Å². The minimum Gasteiger partial charge on any atom is -0.446 e. The summed E-state index contributed by atoms with van der Waals surface area (Å²) in [5.41, 5.74) is 2.45. The van der Waals surface area contributed by atoms with Gasteiger partial charge >= 0.3 is 6.09 Å². The Labute approximate surface area is 167 Å². The Morgan fingerprint density at radius 1 is 1.37 bits per heavy atom. The van der Waals surface area contributed by atoms with Crippen LogP contribution in [0.1, 0.15) is 24.6 Å². The molecule has 10 heteroatoms. The first-order chi connectivity index (χ1) is 13.1. The molecule has 1 saturated carbocycles. The van der Waals surface area contributed by atoms with Crippen LogP contribution in [0.15, 0.2) is 18.5 Å². The lowest BCUT2D eigenvalue weighted by atomic mass is 10.0. The maximum atomic E-state index is 12.2. The highest BCUT2D eigenvalue weighted by molar-refractivity contribution is 14.1. The van der Waals surface area contributed by atoms with Crippen molar-refractivity contribution < 1.29 is 9.53 Å². The van der Waals surface area contributed by atoms with Gasteiger partial charge in [0, 0.05) is 29.1 Å². The molecular weight excluding hydrogens is 461 g/mol. The molecule has 1 aliphatic heterocycles. The van der Waals surface area contributed by atoms with Crippen molar-refractivity contribution in [3.05, 3.63) is 24.3 Å². The minimum absolute atomic E-state index is 0.0640. The quantitative estimate of drug-likeness (QED) is 0.448. The maximum absolute atomic E-state index is 12.2. The topological polar surface area (TPSA) is 112 Å². The van der Waals surface area contributed by atoms with Gasteiger partial charge in [0.2, 0.25) is 0 Å². The third kappa shape index (κ3) is 2.72. The predicted molar refractivity (Wildman–Crippen MR) is 103 cm³/mol. The molecule has 1 N–H and O–H groups in total. The van der Waals surface area contributed by atoms with E-state index in [-0.39, 0.29) is 24.0 Å². The van der Waals surface area contributed by atoms with Crippen molar-refractivity contribution in [3.8, 4) is 6.07 Å². The fourth-order valence-corrected chi connectivity index (χ4v) is 5.05. The van der Waals surface area contributed by atoms with Crippen molar-refractivity contribution in [2.75, 3.05) is 13.1 Å². The second-order valence-electron chi connectivity index (χ2n) is 7.05. The monoisotopic (exact) mass is 477 g/mol. The van der Waals surface area contributed by atoms with Crippen molar-refractivity contribution in [1.82, 2.24) is 29.5 Å². The molecule has 3 atom stereocenters. The number of amides is 1. The number of carbonyl (C=O) groups is 1. The summed E-state index contributed by atoms with van der Waals surface area (Å²) in [4.78, 5) is 21.3. The van der Waals surface area contributed by atoms with Gasteiger partial charge in [-0.05, 0) is 18.9 Å². The van der Waals surface area contributed by atoms with E-state index in [2.05, 4.69) is 48.8 Å². The summed E-state index contributed by atoms with van der Waals surface area (Å²) in [7, 11) is 0.